The Morgan fingerprint density at radius 2 is 0.517 bits per heavy atom. The molecule has 5 saturated heterocycles. The van der Waals surface area contributed by atoms with Crippen molar-refractivity contribution in [1.29, 1.82) is 0 Å². The van der Waals surface area contributed by atoms with Crippen LogP contribution in [0.4, 0.5) is 99.0 Å². The maximum atomic E-state index is 6.35. The summed E-state index contributed by atoms with van der Waals surface area (Å²) in [5.41, 5.74) is 13.9. The smallest absolute Gasteiger partial charge is 0.233 e. The molecule has 36 heteroatoms. The lowest BCUT2D eigenvalue weighted by atomic mass is 10.1. The molecule has 17 aromatic rings. The molecule has 0 atom stereocenters. The Balaban J connectivity index is 0.000000133. The Morgan fingerprint density at radius 1 is 0.241 bits per heavy atom. The van der Waals surface area contributed by atoms with Crippen LogP contribution in [-0.2, 0) is 4.74 Å². The van der Waals surface area contributed by atoms with Crippen molar-refractivity contribution in [3.63, 3.8) is 0 Å². The average molecular weight is 2000 g/mol. The monoisotopic (exact) mass is 2000 g/mol. The summed E-state index contributed by atoms with van der Waals surface area (Å²) in [5.74, 6) is 8.67. The van der Waals surface area contributed by atoms with Crippen molar-refractivity contribution >= 4 is 199 Å². The van der Waals surface area contributed by atoms with Crippen LogP contribution < -0.4 is 100 Å². The predicted octanol–water partition coefficient (Wildman–Crippen LogP) is 18.6. The average Bonchev–Trinajstić information content (AvgIpc) is 0.778. The fourth-order valence-corrected chi connectivity index (χ4v) is 19.2. The molecule has 6 aromatic heterocycles. The van der Waals surface area contributed by atoms with Gasteiger partial charge in [0.25, 0.3) is 0 Å². The van der Waals surface area contributed by atoms with Gasteiger partial charge in [0, 0.05) is 233 Å². The molecule has 7 N–H and O–H groups in total. The Labute approximate surface area is 856 Å². The number of pyridine rings is 3. The van der Waals surface area contributed by atoms with Crippen LogP contribution in [0.15, 0.2) is 255 Å². The standard InChI is InChI=1S/C40H43ClN10O.C39H41ClN10O.C30H31ClN8O3/c1-52-32-14-16-35-34(28-32)37(33-15-13-29(41)27-36(33)44-35)42-17-8-18-43-38-45-39(50-23-19-48(20-24-50)30-9-4-2-5-10-30)47-40(46-38)51-25-21-49(22-26-51)31-11-6-3-7-12-31;1-51-31-13-15-34-33(27-31)36(32-14-12-28(40)26-35(32)43-34)41-16-17-42-37-44-38(49-22-18-47(19-23-49)29-8-4-2-5-9-29)46-39(45-37)50-24-20-48(21-25-50)30-10-6-3-7-11-30;1-40-21-6-4-20(5-7-21)34-29-36-28(37-30(38-29)39-13-15-42-16-14-39)33-12-11-32-27-23-9-3-19(31)17-26(23)35-25-10-8-22(41-2)18-24(25)27/h2-7,9-16,27-28H,8,17-26H2,1H3,(H,42,44)(H,43,45,46,47);2-15,26-27H,16-25H2,1H3,(H,41,43)(H,42,44,45,46);3-10,17-18H,11-16H2,1-2H3,(H,32,35)(H2,33,34,36,37,38). The van der Waals surface area contributed by atoms with Gasteiger partial charge in [0.2, 0.25) is 53.5 Å². The Kier molecular flexibility index (Phi) is 30.8. The number of nitrogens with one attached hydrogen (secondary N) is 7. The van der Waals surface area contributed by atoms with E-state index in [1.807, 2.05) is 133 Å². The number of ether oxygens (including phenoxy) is 5. The van der Waals surface area contributed by atoms with Gasteiger partial charge in [0.05, 0.1) is 91.8 Å². The van der Waals surface area contributed by atoms with Gasteiger partial charge in [-0.2, -0.15) is 44.9 Å². The number of halogens is 3. The quantitative estimate of drug-likeness (QED) is 0.0157. The maximum Gasteiger partial charge on any atom is 0.233 e. The summed E-state index contributed by atoms with van der Waals surface area (Å²) in [6.07, 6.45) is 0.838. The van der Waals surface area contributed by atoms with Crippen molar-refractivity contribution in [2.45, 2.75) is 6.42 Å². The minimum absolute atomic E-state index is 0.446. The topological polar surface area (TPSA) is 314 Å². The van der Waals surface area contributed by atoms with Crippen LogP contribution in [0.5, 0.6) is 23.0 Å². The molecular weight excluding hydrogens is 1890 g/mol. The molecule has 0 unspecified atom stereocenters. The van der Waals surface area contributed by atoms with Gasteiger partial charge in [0.15, 0.2) is 0 Å². The summed E-state index contributed by atoms with van der Waals surface area (Å²) >= 11 is 19.0. The number of hydrogen-bond acceptors (Lipinski definition) is 33. The van der Waals surface area contributed by atoms with E-state index in [0.29, 0.717) is 116 Å². The molecule has 5 aliphatic rings. The number of fused-ring (bicyclic) bond motifs is 6. The third-order valence-corrected chi connectivity index (χ3v) is 27.1. The van der Waals surface area contributed by atoms with Crippen LogP contribution >= 0.6 is 34.8 Å². The summed E-state index contributed by atoms with van der Waals surface area (Å²) in [7, 11) is 6.66. The molecule has 0 saturated carbocycles. The van der Waals surface area contributed by atoms with E-state index in [1.54, 1.807) is 28.4 Å². The zero-order valence-corrected chi connectivity index (χ0v) is 83.7. The molecule has 11 heterocycles. The number of para-hydroxylation sites is 4. The summed E-state index contributed by atoms with van der Waals surface area (Å²) in [5, 5.41) is 32.5. The third kappa shape index (κ3) is 23.6. The lowest BCUT2D eigenvalue weighted by Gasteiger charge is -2.38. The van der Waals surface area contributed by atoms with E-state index in [2.05, 4.69) is 213 Å². The van der Waals surface area contributed by atoms with Gasteiger partial charge in [-0.3, -0.25) is 0 Å². The maximum absolute atomic E-state index is 6.35. The summed E-state index contributed by atoms with van der Waals surface area (Å²) in [4.78, 5) is 79.4. The van der Waals surface area contributed by atoms with E-state index in [9.17, 15) is 0 Å². The first kappa shape index (κ1) is 96.8. The number of benzene rings is 11. The van der Waals surface area contributed by atoms with Crippen LogP contribution in [0.1, 0.15) is 6.42 Å². The molecule has 0 spiro atoms. The van der Waals surface area contributed by atoms with E-state index in [1.165, 1.54) is 22.7 Å². The summed E-state index contributed by atoms with van der Waals surface area (Å²) < 4.78 is 27.4. The molecule has 5 fully saturated rings. The van der Waals surface area contributed by atoms with Crippen LogP contribution in [0.25, 0.3) is 65.4 Å². The lowest BCUT2D eigenvalue weighted by molar-refractivity contribution is 0.122. The fourth-order valence-electron chi connectivity index (χ4n) is 18.7. The van der Waals surface area contributed by atoms with Crippen LogP contribution in [0.2, 0.25) is 15.1 Å². The second-order valence-corrected chi connectivity index (χ2v) is 36.8. The van der Waals surface area contributed by atoms with Crippen LogP contribution in [0, 0.1) is 0 Å². The normalized spacial score (nSPS) is 14.5. The van der Waals surface area contributed by atoms with Gasteiger partial charge < -0.3 is 105 Å². The molecule has 0 amide bonds. The second-order valence-electron chi connectivity index (χ2n) is 35.5. The highest BCUT2D eigenvalue weighted by atomic mass is 35.5. The number of methoxy groups -OCH3 is 4. The van der Waals surface area contributed by atoms with E-state index < -0.39 is 0 Å². The number of piperazine rings is 4. The molecule has 11 aromatic carbocycles. The predicted molar refractivity (Wildman–Crippen MR) is 590 cm³/mol. The highest BCUT2D eigenvalue weighted by molar-refractivity contribution is 6.32. The van der Waals surface area contributed by atoms with E-state index in [-0.39, 0.29) is 0 Å². The number of aromatic nitrogens is 12. The van der Waals surface area contributed by atoms with Gasteiger partial charge in [-0.1, -0.05) is 108 Å². The molecule has 0 bridgehead atoms. The minimum atomic E-state index is 0.446. The van der Waals surface area contributed by atoms with Crippen molar-refractivity contribution in [1.82, 2.24) is 59.8 Å². The van der Waals surface area contributed by atoms with Crippen LogP contribution in [0.3, 0.4) is 0 Å². The van der Waals surface area contributed by atoms with Crippen molar-refractivity contribution in [2.75, 3.05) is 280 Å². The zero-order valence-electron chi connectivity index (χ0n) is 81.4. The number of rotatable bonds is 31. The molecular formula is C109H115Cl3N28O5. The fraction of sp³-hybridized carbons (Fsp3) is 0.284. The highest BCUT2D eigenvalue weighted by Gasteiger charge is 2.30. The van der Waals surface area contributed by atoms with Gasteiger partial charge in [0.1, 0.15) is 23.0 Å². The van der Waals surface area contributed by atoms with Crippen molar-refractivity contribution in [3.05, 3.63) is 270 Å². The molecule has 5 aliphatic heterocycles. The number of morpholine rings is 1. The largest absolute Gasteiger partial charge is 0.497 e. The van der Waals surface area contributed by atoms with Crippen LogP contribution in [-0.4, -0.2) is 259 Å². The second kappa shape index (κ2) is 46.1. The zero-order chi connectivity index (χ0) is 98.7. The molecule has 0 aliphatic carbocycles. The van der Waals surface area contributed by atoms with Gasteiger partial charge in [-0.05, 0) is 188 Å². The molecule has 145 heavy (non-hydrogen) atoms. The van der Waals surface area contributed by atoms with Crippen molar-refractivity contribution in [2.24, 2.45) is 0 Å². The third-order valence-electron chi connectivity index (χ3n) is 26.4. The van der Waals surface area contributed by atoms with Crippen molar-refractivity contribution < 1.29 is 23.7 Å². The minimum Gasteiger partial charge on any atom is -0.497 e. The highest BCUT2D eigenvalue weighted by Crippen LogP contribution is 2.40. The Hall–Kier alpha value is -15.7. The summed E-state index contributed by atoms with van der Waals surface area (Å²) in [6, 6.07) is 85.1. The van der Waals surface area contributed by atoms with E-state index in [4.69, 9.17) is 108 Å². The van der Waals surface area contributed by atoms with Gasteiger partial charge >= 0.3 is 0 Å². The summed E-state index contributed by atoms with van der Waals surface area (Å²) in [6.45, 7) is 20.4. The SMILES string of the molecule is COc1ccc(Nc2nc(NCCNc3c4ccc(Cl)cc4nc4ccc(OC)cc34)nc(N3CCOCC3)n2)cc1.COc1ccc2nc3cc(Cl)ccc3c(NCCCNc3nc(N4CCN(c5ccccc5)CC4)nc(N4CCN(c5ccccc5)CC4)n3)c2c1.COc1ccc2nc3cc(Cl)ccc3c(NCCNc3nc(N4CCN(c5ccccc5)CC4)nc(N4CCN(c5ccccc5)CC4)n3)c2c1. The Morgan fingerprint density at radius 3 is 0.855 bits per heavy atom. The Bertz CT molecular complexity index is 7130. The van der Waals surface area contributed by atoms with Gasteiger partial charge in [-0.15, -0.1) is 0 Å². The first-order valence-electron chi connectivity index (χ1n) is 49.2. The van der Waals surface area contributed by atoms with Gasteiger partial charge in [-0.25, -0.2) is 15.0 Å². The first-order valence-corrected chi connectivity index (χ1v) is 50.3. The number of nitrogens with zero attached hydrogens (tertiary/aromatic N) is 21. The first-order chi connectivity index (χ1) is 71.3. The molecule has 22 rings (SSSR count). The molecule has 33 nitrogen and oxygen atoms in total. The van der Waals surface area contributed by atoms with E-state index >= 15 is 0 Å². The van der Waals surface area contributed by atoms with Crippen molar-refractivity contribution in [3.8, 4) is 23.0 Å². The van der Waals surface area contributed by atoms with E-state index in [0.717, 1.165) is 241 Å². The molecule has 0 radical (unpaired) electrons. The lowest BCUT2D eigenvalue weighted by Crippen LogP contribution is -2.48. The number of anilines is 17. The molecule has 742 valence electrons. The number of hydrogen-bond donors (Lipinski definition) is 7.